The molecule has 2 unspecified atom stereocenters. The second kappa shape index (κ2) is 10.6. The van der Waals surface area contributed by atoms with Gasteiger partial charge in [-0.1, -0.05) is 13.2 Å². The van der Waals surface area contributed by atoms with E-state index in [-0.39, 0.29) is 18.8 Å². The van der Waals surface area contributed by atoms with Crippen LogP contribution < -0.4 is 0 Å². The third-order valence-corrected chi connectivity index (χ3v) is 2.13. The summed E-state index contributed by atoms with van der Waals surface area (Å²) in [6, 6.07) is 0. The maximum absolute atomic E-state index is 11.1. The molecule has 2 atom stereocenters. The molecule has 0 heterocycles. The molecule has 0 aromatic heterocycles. The van der Waals surface area contributed by atoms with Crippen LogP contribution in [0.3, 0.4) is 0 Å². The molecule has 0 aliphatic heterocycles. The number of carbonyl (C=O) groups excluding carboxylic acids is 1. The molecule has 19 heavy (non-hydrogen) atoms. The molecule has 0 aromatic carbocycles. The lowest BCUT2D eigenvalue weighted by molar-refractivity contribution is -0.141. The maximum Gasteiger partial charge on any atom is 0.333 e. The Kier molecular flexibility index (Phi) is 9.84. The normalized spacial score (nSPS) is 13.4. The van der Waals surface area contributed by atoms with Gasteiger partial charge in [0.25, 0.3) is 0 Å². The summed E-state index contributed by atoms with van der Waals surface area (Å²) in [5, 5.41) is 0. The highest BCUT2D eigenvalue weighted by atomic mass is 16.6. The minimum absolute atomic E-state index is 0.0229. The van der Waals surface area contributed by atoms with E-state index < -0.39 is 5.97 Å². The molecule has 0 N–H and O–H groups in total. The first-order valence-corrected chi connectivity index (χ1v) is 6.25. The van der Waals surface area contributed by atoms with Crippen molar-refractivity contribution in [2.24, 2.45) is 0 Å². The lowest BCUT2D eigenvalue weighted by Gasteiger charge is -2.17. The smallest absolute Gasteiger partial charge is 0.333 e. The van der Waals surface area contributed by atoms with Gasteiger partial charge in [-0.25, -0.2) is 4.79 Å². The van der Waals surface area contributed by atoms with E-state index in [1.165, 1.54) is 6.26 Å². The van der Waals surface area contributed by atoms with Crippen LogP contribution in [-0.2, 0) is 23.7 Å². The van der Waals surface area contributed by atoms with Gasteiger partial charge in [-0.05, 0) is 20.8 Å². The Morgan fingerprint density at radius 1 is 1.16 bits per heavy atom. The highest BCUT2D eigenvalue weighted by Crippen LogP contribution is 1.98. The van der Waals surface area contributed by atoms with Gasteiger partial charge in [0.05, 0.1) is 31.7 Å². The fourth-order valence-electron chi connectivity index (χ4n) is 1.11. The van der Waals surface area contributed by atoms with E-state index in [0.717, 1.165) is 0 Å². The Balaban J connectivity index is 3.53. The van der Waals surface area contributed by atoms with Gasteiger partial charge in [0, 0.05) is 5.57 Å². The fraction of sp³-hybridized carbons (Fsp3) is 0.643. The van der Waals surface area contributed by atoms with Crippen LogP contribution in [0.2, 0.25) is 0 Å². The number of esters is 1. The van der Waals surface area contributed by atoms with Gasteiger partial charge in [0.15, 0.2) is 0 Å². The predicted octanol–water partition coefficient (Wildman–Crippen LogP) is 2.08. The molecule has 0 aliphatic carbocycles. The van der Waals surface area contributed by atoms with Crippen molar-refractivity contribution in [3.63, 3.8) is 0 Å². The number of ether oxygens (including phenoxy) is 4. The second-order valence-corrected chi connectivity index (χ2v) is 4.24. The molecule has 0 aromatic rings. The Morgan fingerprint density at radius 3 is 2.37 bits per heavy atom. The summed E-state index contributed by atoms with van der Waals surface area (Å²) in [6.07, 6.45) is 1.29. The lowest BCUT2D eigenvalue weighted by Crippen LogP contribution is -2.24. The van der Waals surface area contributed by atoms with Gasteiger partial charge in [-0.3, -0.25) is 0 Å². The summed E-state index contributed by atoms with van der Waals surface area (Å²) in [7, 11) is 0. The molecule has 0 aliphatic rings. The zero-order chi connectivity index (χ0) is 14.7. The molecule has 0 saturated heterocycles. The van der Waals surface area contributed by atoms with Crippen LogP contribution in [-0.4, -0.2) is 44.6 Å². The van der Waals surface area contributed by atoms with E-state index in [0.29, 0.717) is 25.4 Å². The van der Waals surface area contributed by atoms with E-state index in [1.807, 2.05) is 13.8 Å². The summed E-state index contributed by atoms with van der Waals surface area (Å²) < 4.78 is 20.8. The van der Waals surface area contributed by atoms with E-state index >= 15 is 0 Å². The maximum atomic E-state index is 11.1. The third-order valence-electron chi connectivity index (χ3n) is 2.13. The van der Waals surface area contributed by atoms with E-state index in [4.69, 9.17) is 18.9 Å². The molecule has 0 spiro atoms. The summed E-state index contributed by atoms with van der Waals surface area (Å²) in [4.78, 5) is 11.1. The predicted molar refractivity (Wildman–Crippen MR) is 72.8 cm³/mol. The van der Waals surface area contributed by atoms with Crippen molar-refractivity contribution in [2.75, 3.05) is 26.4 Å². The molecule has 0 bridgehead atoms. The Hall–Kier alpha value is -1.33. The second-order valence-electron chi connectivity index (χ2n) is 4.24. The van der Waals surface area contributed by atoms with Crippen molar-refractivity contribution in [1.82, 2.24) is 0 Å². The van der Waals surface area contributed by atoms with Crippen molar-refractivity contribution >= 4 is 5.97 Å². The highest BCUT2D eigenvalue weighted by molar-refractivity contribution is 5.86. The van der Waals surface area contributed by atoms with Crippen molar-refractivity contribution < 1.29 is 23.7 Å². The van der Waals surface area contributed by atoms with Crippen LogP contribution in [0.25, 0.3) is 0 Å². The SMILES string of the molecule is C=COCC(C)OCC(C)OCCOC(=O)C(=C)C. The average Bonchev–Trinajstić information content (AvgIpc) is 2.38. The number of rotatable bonds is 11. The Morgan fingerprint density at radius 2 is 1.79 bits per heavy atom. The monoisotopic (exact) mass is 272 g/mol. The first-order chi connectivity index (χ1) is 8.97. The zero-order valence-electron chi connectivity index (χ0n) is 12.0. The number of carbonyl (C=O) groups is 1. The van der Waals surface area contributed by atoms with Gasteiger partial charge in [-0.15, -0.1) is 0 Å². The van der Waals surface area contributed by atoms with Crippen LogP contribution in [0.5, 0.6) is 0 Å². The van der Waals surface area contributed by atoms with Gasteiger partial charge in [0.2, 0.25) is 0 Å². The molecule has 110 valence electrons. The Bertz CT molecular complexity index is 288. The molecule has 0 saturated carbocycles. The van der Waals surface area contributed by atoms with Crippen molar-refractivity contribution in [3.8, 4) is 0 Å². The number of hydrogen-bond donors (Lipinski definition) is 0. The van der Waals surface area contributed by atoms with E-state index in [9.17, 15) is 4.79 Å². The van der Waals surface area contributed by atoms with Gasteiger partial charge >= 0.3 is 5.97 Å². The zero-order valence-corrected chi connectivity index (χ0v) is 12.0. The number of hydrogen-bond acceptors (Lipinski definition) is 5. The summed E-state index contributed by atoms with van der Waals surface area (Å²) in [5.41, 5.74) is 0.382. The van der Waals surface area contributed by atoms with Crippen LogP contribution >= 0.6 is 0 Å². The lowest BCUT2D eigenvalue weighted by atomic mass is 10.4. The molecule has 5 heteroatoms. The fourth-order valence-corrected chi connectivity index (χ4v) is 1.11. The molecule has 0 fully saturated rings. The van der Waals surface area contributed by atoms with Crippen molar-refractivity contribution in [1.29, 1.82) is 0 Å². The molecule has 0 radical (unpaired) electrons. The van der Waals surface area contributed by atoms with Crippen LogP contribution in [0, 0.1) is 0 Å². The minimum atomic E-state index is -0.400. The summed E-state index contributed by atoms with van der Waals surface area (Å²) in [5.74, 6) is -0.400. The summed E-state index contributed by atoms with van der Waals surface area (Å²) >= 11 is 0. The minimum Gasteiger partial charge on any atom is -0.499 e. The van der Waals surface area contributed by atoms with Gasteiger partial charge in [0.1, 0.15) is 13.2 Å². The molecule has 0 rings (SSSR count). The molecule has 0 amide bonds. The first kappa shape index (κ1) is 17.7. The van der Waals surface area contributed by atoms with Gasteiger partial charge in [-0.2, -0.15) is 0 Å². The van der Waals surface area contributed by atoms with E-state index in [2.05, 4.69) is 13.2 Å². The third kappa shape index (κ3) is 10.3. The quantitative estimate of drug-likeness (QED) is 0.249. The average molecular weight is 272 g/mol. The highest BCUT2D eigenvalue weighted by Gasteiger charge is 2.08. The van der Waals surface area contributed by atoms with Crippen LogP contribution in [0.1, 0.15) is 20.8 Å². The van der Waals surface area contributed by atoms with Gasteiger partial charge < -0.3 is 18.9 Å². The van der Waals surface area contributed by atoms with Crippen LogP contribution in [0.15, 0.2) is 25.0 Å². The van der Waals surface area contributed by atoms with Crippen molar-refractivity contribution in [2.45, 2.75) is 33.0 Å². The molecular formula is C14H24O5. The first-order valence-electron chi connectivity index (χ1n) is 6.25. The standard InChI is InChI=1S/C14H24O5/c1-6-16-9-12(4)19-10-13(5)17-7-8-18-14(15)11(2)3/h6,12-13H,1-2,7-10H2,3-5H3. The molecule has 5 nitrogen and oxygen atoms in total. The Labute approximate surface area is 115 Å². The largest absolute Gasteiger partial charge is 0.499 e. The van der Waals surface area contributed by atoms with E-state index in [1.54, 1.807) is 6.92 Å². The summed E-state index contributed by atoms with van der Waals surface area (Å²) in [6.45, 7) is 13.8. The molecular weight excluding hydrogens is 248 g/mol. The topological polar surface area (TPSA) is 54.0 Å². The van der Waals surface area contributed by atoms with Crippen molar-refractivity contribution in [3.05, 3.63) is 25.0 Å². The van der Waals surface area contributed by atoms with Crippen LogP contribution in [0.4, 0.5) is 0 Å².